The highest BCUT2D eigenvalue weighted by atomic mass is 35.5. The van der Waals surface area contributed by atoms with Crippen molar-refractivity contribution in [3.8, 4) is 5.75 Å². The molecular weight excluding hydrogens is 234 g/mol. The third-order valence-electron chi connectivity index (χ3n) is 2.83. The maximum Gasteiger partial charge on any atom is 0.120 e. The van der Waals surface area contributed by atoms with Gasteiger partial charge in [-0.25, -0.2) is 0 Å². The van der Waals surface area contributed by atoms with E-state index in [-0.39, 0.29) is 0 Å². The monoisotopic (exact) mass is 255 g/mol. The minimum absolute atomic E-state index is 0.727. The zero-order valence-electron chi connectivity index (χ0n) is 10.8. The van der Waals surface area contributed by atoms with Gasteiger partial charge in [-0.2, -0.15) is 0 Å². The number of benzene rings is 1. The molecule has 17 heavy (non-hydrogen) atoms. The third kappa shape index (κ3) is 5.94. The van der Waals surface area contributed by atoms with Crippen LogP contribution in [0, 0.1) is 0 Å². The first-order chi connectivity index (χ1) is 8.26. The molecule has 0 bridgehead atoms. The van der Waals surface area contributed by atoms with Crippen molar-refractivity contribution in [3.05, 3.63) is 29.3 Å². The van der Waals surface area contributed by atoms with Gasteiger partial charge >= 0.3 is 0 Å². The summed E-state index contributed by atoms with van der Waals surface area (Å²) in [6.45, 7) is 8.59. The first-order valence-electron chi connectivity index (χ1n) is 6.37. The Bertz CT molecular complexity index is 313. The number of halogens is 1. The number of hydrogen-bond donors (Lipinski definition) is 0. The van der Waals surface area contributed by atoms with Gasteiger partial charge in [0.15, 0.2) is 0 Å². The van der Waals surface area contributed by atoms with Crippen LogP contribution in [0.1, 0.15) is 26.7 Å². The molecule has 0 saturated carbocycles. The highest BCUT2D eigenvalue weighted by molar-refractivity contribution is 6.30. The molecule has 0 radical (unpaired) electrons. The largest absolute Gasteiger partial charge is 0.494 e. The van der Waals surface area contributed by atoms with E-state index in [1.54, 1.807) is 0 Å². The summed E-state index contributed by atoms with van der Waals surface area (Å²) in [5.74, 6) is 0.861. The second kappa shape index (κ2) is 8.37. The van der Waals surface area contributed by atoms with Gasteiger partial charge in [-0.05, 0) is 50.7 Å². The van der Waals surface area contributed by atoms with Gasteiger partial charge in [0.05, 0.1) is 6.61 Å². The van der Waals surface area contributed by atoms with E-state index < -0.39 is 0 Å². The van der Waals surface area contributed by atoms with Crippen LogP contribution in [0.25, 0.3) is 0 Å². The van der Waals surface area contributed by atoms with Crippen molar-refractivity contribution in [1.82, 2.24) is 4.90 Å². The van der Waals surface area contributed by atoms with Gasteiger partial charge in [0.2, 0.25) is 0 Å². The summed E-state index contributed by atoms with van der Waals surface area (Å²) in [4.78, 5) is 2.43. The SMILES string of the molecule is CCN(CC)CCCCOc1cccc(Cl)c1. The van der Waals surface area contributed by atoms with Crippen LogP contribution in [-0.2, 0) is 0 Å². The fourth-order valence-electron chi connectivity index (χ4n) is 1.72. The molecule has 0 amide bonds. The zero-order valence-corrected chi connectivity index (χ0v) is 11.5. The highest BCUT2D eigenvalue weighted by Crippen LogP contribution is 2.17. The molecule has 0 fully saturated rings. The van der Waals surface area contributed by atoms with E-state index in [2.05, 4.69) is 18.7 Å². The summed E-state index contributed by atoms with van der Waals surface area (Å²) in [7, 11) is 0. The van der Waals surface area contributed by atoms with Gasteiger partial charge in [-0.1, -0.05) is 31.5 Å². The van der Waals surface area contributed by atoms with Crippen molar-refractivity contribution >= 4 is 11.6 Å². The molecule has 0 aliphatic rings. The smallest absolute Gasteiger partial charge is 0.120 e. The lowest BCUT2D eigenvalue weighted by atomic mass is 10.3. The Morgan fingerprint density at radius 2 is 1.94 bits per heavy atom. The van der Waals surface area contributed by atoms with Crippen molar-refractivity contribution < 1.29 is 4.74 Å². The van der Waals surface area contributed by atoms with E-state index in [9.17, 15) is 0 Å². The predicted octanol–water partition coefficient (Wildman–Crippen LogP) is 3.84. The Labute approximate surface area is 110 Å². The summed E-state index contributed by atoms with van der Waals surface area (Å²) in [6, 6.07) is 7.56. The maximum atomic E-state index is 5.88. The van der Waals surface area contributed by atoms with Crippen molar-refractivity contribution in [2.24, 2.45) is 0 Å². The van der Waals surface area contributed by atoms with E-state index in [1.807, 2.05) is 24.3 Å². The van der Waals surface area contributed by atoms with Gasteiger partial charge in [0.1, 0.15) is 5.75 Å². The molecule has 0 atom stereocenters. The number of ether oxygens (including phenoxy) is 1. The van der Waals surface area contributed by atoms with Crippen molar-refractivity contribution in [3.63, 3.8) is 0 Å². The second-order valence-electron chi connectivity index (χ2n) is 4.04. The molecule has 2 nitrogen and oxygen atoms in total. The van der Waals surface area contributed by atoms with Crippen molar-refractivity contribution in [2.45, 2.75) is 26.7 Å². The van der Waals surface area contributed by atoms with Crippen LogP contribution >= 0.6 is 11.6 Å². The van der Waals surface area contributed by atoms with Crippen LogP contribution in [0.4, 0.5) is 0 Å². The van der Waals surface area contributed by atoms with E-state index in [0.717, 1.165) is 43.4 Å². The first-order valence-corrected chi connectivity index (χ1v) is 6.74. The number of rotatable bonds is 8. The molecule has 0 spiro atoms. The van der Waals surface area contributed by atoms with Crippen LogP contribution in [0.15, 0.2) is 24.3 Å². The molecule has 0 saturated heterocycles. The van der Waals surface area contributed by atoms with Crippen LogP contribution in [0.2, 0.25) is 5.02 Å². The first kappa shape index (κ1) is 14.3. The Morgan fingerprint density at radius 1 is 1.18 bits per heavy atom. The lowest BCUT2D eigenvalue weighted by molar-refractivity contribution is 0.266. The number of unbranched alkanes of at least 4 members (excludes halogenated alkanes) is 1. The van der Waals surface area contributed by atoms with Gasteiger partial charge in [0, 0.05) is 5.02 Å². The molecule has 0 aliphatic carbocycles. The molecule has 0 unspecified atom stereocenters. The van der Waals surface area contributed by atoms with Crippen LogP contribution in [0.3, 0.4) is 0 Å². The molecule has 1 rings (SSSR count). The second-order valence-corrected chi connectivity index (χ2v) is 4.48. The minimum Gasteiger partial charge on any atom is -0.494 e. The molecule has 0 aliphatic heterocycles. The Kier molecular flexibility index (Phi) is 7.06. The molecular formula is C14H22ClNO. The van der Waals surface area contributed by atoms with Crippen molar-refractivity contribution in [2.75, 3.05) is 26.2 Å². The van der Waals surface area contributed by atoms with Gasteiger partial charge < -0.3 is 9.64 Å². The average molecular weight is 256 g/mol. The molecule has 1 aromatic rings. The highest BCUT2D eigenvalue weighted by Gasteiger charge is 1.99. The summed E-state index contributed by atoms with van der Waals surface area (Å²) in [6.07, 6.45) is 2.27. The van der Waals surface area contributed by atoms with E-state index in [0.29, 0.717) is 0 Å². The summed E-state index contributed by atoms with van der Waals surface area (Å²) < 4.78 is 5.63. The maximum absolute atomic E-state index is 5.88. The lowest BCUT2D eigenvalue weighted by Crippen LogP contribution is -2.24. The summed E-state index contributed by atoms with van der Waals surface area (Å²) >= 11 is 5.88. The fraction of sp³-hybridized carbons (Fsp3) is 0.571. The zero-order chi connectivity index (χ0) is 12.5. The van der Waals surface area contributed by atoms with Gasteiger partial charge in [0.25, 0.3) is 0 Å². The minimum atomic E-state index is 0.727. The number of nitrogens with zero attached hydrogens (tertiary/aromatic N) is 1. The van der Waals surface area contributed by atoms with Gasteiger partial charge in [-0.15, -0.1) is 0 Å². The van der Waals surface area contributed by atoms with Crippen LogP contribution < -0.4 is 4.74 Å². The normalized spacial score (nSPS) is 10.8. The summed E-state index contributed by atoms with van der Waals surface area (Å²) in [5, 5.41) is 0.727. The van der Waals surface area contributed by atoms with Crippen molar-refractivity contribution in [1.29, 1.82) is 0 Å². The van der Waals surface area contributed by atoms with Crippen LogP contribution in [-0.4, -0.2) is 31.1 Å². The molecule has 96 valence electrons. The fourth-order valence-corrected chi connectivity index (χ4v) is 1.90. The van der Waals surface area contributed by atoms with Crippen LogP contribution in [0.5, 0.6) is 5.75 Å². The molecule has 0 N–H and O–H groups in total. The molecule has 3 heteroatoms. The topological polar surface area (TPSA) is 12.5 Å². The predicted molar refractivity (Wildman–Crippen MR) is 74.0 cm³/mol. The summed E-state index contributed by atoms with van der Waals surface area (Å²) in [5.41, 5.74) is 0. The molecule has 1 aromatic carbocycles. The Morgan fingerprint density at radius 3 is 2.59 bits per heavy atom. The van der Waals surface area contributed by atoms with Gasteiger partial charge in [-0.3, -0.25) is 0 Å². The molecule has 0 heterocycles. The standard InChI is InChI=1S/C14H22ClNO/c1-3-16(4-2)10-5-6-11-17-14-9-7-8-13(15)12-14/h7-9,12H,3-6,10-11H2,1-2H3. The lowest BCUT2D eigenvalue weighted by Gasteiger charge is -2.17. The van der Waals surface area contributed by atoms with E-state index in [1.165, 1.54) is 6.42 Å². The van der Waals surface area contributed by atoms with E-state index >= 15 is 0 Å². The Hall–Kier alpha value is -0.730. The Balaban J connectivity index is 2.12. The quantitative estimate of drug-likeness (QED) is 0.655. The third-order valence-corrected chi connectivity index (χ3v) is 3.06. The molecule has 0 aromatic heterocycles. The average Bonchev–Trinajstić information content (AvgIpc) is 2.34. The number of hydrogen-bond acceptors (Lipinski definition) is 2. The van der Waals surface area contributed by atoms with E-state index in [4.69, 9.17) is 16.3 Å².